The van der Waals surface area contributed by atoms with Gasteiger partial charge in [0.05, 0.1) is 133 Å². The van der Waals surface area contributed by atoms with Gasteiger partial charge in [0.2, 0.25) is 0 Å². The van der Waals surface area contributed by atoms with Crippen molar-refractivity contribution in [1.29, 1.82) is 0 Å². The SMILES string of the molecule is Cc1c(OCC(F)(F)F)ccnc1C[S@@](=O)c1nc2ccccc2[nH]1.Cc1c(OCC(F)(F)F)ccnc1C[S@@](=O)c1nc2ccccc2[nH]1.Cc1c(OCC(F)(F)F)ccnc1C[S@@](=O)c1nc2ccccc2[nH]1.Cc1c(OCC(F)(F)F)ccnc1C[S@@](=O)c1nc2ccccc2[nH]1. The molecule has 4 N–H and O–H groups in total. The molecule has 0 radical (unpaired) electrons. The van der Waals surface area contributed by atoms with E-state index in [4.69, 9.17) is 18.9 Å². The predicted octanol–water partition coefficient (Wildman–Crippen LogP) is 14.1. The number of halogens is 12. The first-order chi connectivity index (χ1) is 47.3. The number of pyridine rings is 4. The van der Waals surface area contributed by atoms with Crippen LogP contribution in [-0.4, -0.2) is 128 Å². The van der Waals surface area contributed by atoms with Gasteiger partial charge < -0.3 is 38.9 Å². The van der Waals surface area contributed by atoms with Crippen molar-refractivity contribution in [3.63, 3.8) is 0 Å². The second-order valence-corrected chi connectivity index (χ2v) is 26.8. The number of aromatic amines is 4. The van der Waals surface area contributed by atoms with Crippen molar-refractivity contribution in [2.45, 2.75) is 96.0 Å². The number of benzene rings is 4. The number of alkyl halides is 12. The third kappa shape index (κ3) is 21.2. The highest BCUT2D eigenvalue weighted by atomic mass is 32.2. The molecule has 0 aliphatic heterocycles. The Morgan fingerprint density at radius 2 is 0.500 bits per heavy atom. The molecule has 0 spiro atoms. The summed E-state index contributed by atoms with van der Waals surface area (Å²) in [6.45, 7) is 0.809. The van der Waals surface area contributed by atoms with Crippen LogP contribution in [0.4, 0.5) is 52.7 Å². The van der Waals surface area contributed by atoms with E-state index in [1.807, 2.05) is 72.8 Å². The molecule has 0 unspecified atom stereocenters. The fourth-order valence-corrected chi connectivity index (χ4v) is 13.4. The number of nitrogens with zero attached hydrogens (tertiary/aromatic N) is 8. The maximum atomic E-state index is 12.5. The summed E-state index contributed by atoms with van der Waals surface area (Å²) in [6, 6.07) is 34.5. The van der Waals surface area contributed by atoms with Gasteiger partial charge >= 0.3 is 24.7 Å². The molecule has 4 aromatic carbocycles. The smallest absolute Gasteiger partial charge is 0.422 e. The summed E-state index contributed by atoms with van der Waals surface area (Å²) in [5.74, 6) is 0.383. The van der Waals surface area contributed by atoms with Crippen LogP contribution in [0.3, 0.4) is 0 Å². The molecule has 36 heteroatoms. The first kappa shape index (κ1) is 74.5. The lowest BCUT2D eigenvalue weighted by Crippen LogP contribution is -2.20. The Balaban J connectivity index is 0.000000156. The highest BCUT2D eigenvalue weighted by Crippen LogP contribution is 2.30. The third-order valence-electron chi connectivity index (χ3n) is 14.0. The molecule has 0 saturated carbocycles. The van der Waals surface area contributed by atoms with Crippen molar-refractivity contribution in [2.75, 3.05) is 26.4 Å². The van der Waals surface area contributed by atoms with Gasteiger partial charge in [0.25, 0.3) is 0 Å². The zero-order valence-corrected chi connectivity index (χ0v) is 55.8. The second kappa shape index (κ2) is 32.5. The summed E-state index contributed by atoms with van der Waals surface area (Å²) in [5.41, 5.74) is 9.13. The number of rotatable bonds is 20. The number of imidazole rings is 4. The van der Waals surface area contributed by atoms with E-state index in [0.29, 0.717) is 87.7 Å². The topological polar surface area (TPSA) is 271 Å². The predicted molar refractivity (Wildman–Crippen MR) is 347 cm³/mol. The third-order valence-corrected chi connectivity index (χ3v) is 18.6. The van der Waals surface area contributed by atoms with Crippen LogP contribution < -0.4 is 18.9 Å². The fraction of sp³-hybridized carbons (Fsp3) is 0.250. The summed E-state index contributed by atoms with van der Waals surface area (Å²) in [5, 5.41) is 1.18. The van der Waals surface area contributed by atoms with Crippen LogP contribution >= 0.6 is 0 Å². The Labute approximate surface area is 569 Å². The van der Waals surface area contributed by atoms with E-state index >= 15 is 0 Å². The van der Waals surface area contributed by atoms with Crippen molar-refractivity contribution in [3.8, 4) is 23.0 Å². The molecule has 0 saturated heterocycles. The molecular formula is C64H56F12N12O8S4. The Hall–Kier alpha value is -9.68. The minimum atomic E-state index is -4.42. The molecule has 0 aliphatic rings. The minimum absolute atomic E-state index is 0.0227. The fourth-order valence-electron chi connectivity index (χ4n) is 9.00. The van der Waals surface area contributed by atoms with Gasteiger partial charge in [-0.2, -0.15) is 52.7 Å². The molecular weight excluding hydrogens is 1420 g/mol. The standard InChI is InChI=1S/4C16H14F3N3O2S/c4*1-10-13(20-7-6-14(10)24-9-16(17,18)19)8-25(23)15-21-11-4-2-3-5-12(11)22-15/h4*2-7H,8-9H2,1H3,(H,21,22)/t4*25-/m1111/s1. The number of H-pyrrole nitrogens is 4. The van der Waals surface area contributed by atoms with Crippen molar-refractivity contribution < 1.29 is 88.5 Å². The van der Waals surface area contributed by atoms with Crippen LogP contribution in [0, 0.1) is 27.7 Å². The van der Waals surface area contributed by atoms with Gasteiger partial charge in [-0.05, 0) is 100 Å². The van der Waals surface area contributed by atoms with Crippen LogP contribution in [0.1, 0.15) is 45.0 Å². The Kier molecular flexibility index (Phi) is 24.3. The summed E-state index contributed by atoms with van der Waals surface area (Å²) < 4.78 is 217. The maximum absolute atomic E-state index is 12.5. The normalized spacial score (nSPS) is 13.1. The zero-order chi connectivity index (χ0) is 72.1. The van der Waals surface area contributed by atoms with Crippen molar-refractivity contribution >= 4 is 87.3 Å². The lowest BCUT2D eigenvalue weighted by Gasteiger charge is -2.13. The summed E-state index contributed by atoms with van der Waals surface area (Å²) in [4.78, 5) is 45.4. The van der Waals surface area contributed by atoms with Crippen LogP contribution in [-0.2, 0) is 66.2 Å². The van der Waals surface area contributed by atoms with Gasteiger partial charge in [0.15, 0.2) is 47.1 Å². The first-order valence-electron chi connectivity index (χ1n) is 29.2. The average molecular weight is 1480 g/mol. The van der Waals surface area contributed by atoms with E-state index in [-0.39, 0.29) is 46.0 Å². The summed E-state index contributed by atoms with van der Waals surface area (Å²) in [6.07, 6.45) is -12.3. The largest absolute Gasteiger partial charge is 0.484 e. The highest BCUT2D eigenvalue weighted by Gasteiger charge is 2.32. The number of aromatic nitrogens is 12. The summed E-state index contributed by atoms with van der Waals surface area (Å²) in [7, 11) is -6.05. The minimum Gasteiger partial charge on any atom is -0.484 e. The van der Waals surface area contributed by atoms with E-state index in [1.165, 1.54) is 49.1 Å². The summed E-state index contributed by atoms with van der Waals surface area (Å²) >= 11 is 0. The van der Waals surface area contributed by atoms with Gasteiger partial charge in [-0.1, -0.05) is 48.5 Å². The monoisotopic (exact) mass is 1480 g/mol. The molecule has 0 amide bonds. The lowest BCUT2D eigenvalue weighted by molar-refractivity contribution is -0.154. The van der Waals surface area contributed by atoms with E-state index < -0.39 is 94.3 Å². The molecule has 20 nitrogen and oxygen atoms in total. The van der Waals surface area contributed by atoms with Gasteiger partial charge in [-0.3, -0.25) is 36.8 Å². The number of para-hydroxylation sites is 8. The lowest BCUT2D eigenvalue weighted by atomic mass is 10.2. The molecule has 0 aliphatic carbocycles. The Morgan fingerprint density at radius 3 is 0.680 bits per heavy atom. The quantitative estimate of drug-likeness (QED) is 0.0516. The molecule has 0 bridgehead atoms. The molecule has 4 atom stereocenters. The van der Waals surface area contributed by atoms with Gasteiger partial charge in [0, 0.05) is 47.0 Å². The molecule has 8 aromatic heterocycles. The number of nitrogens with one attached hydrogen (secondary N) is 4. The van der Waals surface area contributed by atoms with Crippen molar-refractivity contribution in [1.82, 2.24) is 59.8 Å². The number of hydrogen-bond acceptors (Lipinski definition) is 16. The van der Waals surface area contributed by atoms with Crippen LogP contribution in [0.5, 0.6) is 23.0 Å². The average Bonchev–Trinajstić information content (AvgIpc) is 1.71. The first-order valence-corrected chi connectivity index (χ1v) is 34.5. The molecule has 12 rings (SSSR count). The Bertz CT molecular complexity index is 4170. The van der Waals surface area contributed by atoms with Gasteiger partial charge in [-0.15, -0.1) is 0 Å². The highest BCUT2D eigenvalue weighted by molar-refractivity contribution is 7.84. The van der Waals surface area contributed by atoms with Crippen LogP contribution in [0.25, 0.3) is 44.1 Å². The van der Waals surface area contributed by atoms with Gasteiger partial charge in [0.1, 0.15) is 23.0 Å². The molecule has 0 fully saturated rings. The second-order valence-electron chi connectivity index (χ2n) is 21.3. The molecule has 12 aromatic rings. The zero-order valence-electron chi connectivity index (χ0n) is 52.5. The van der Waals surface area contributed by atoms with Crippen LogP contribution in [0.15, 0.2) is 167 Å². The Morgan fingerprint density at radius 1 is 0.310 bits per heavy atom. The molecule has 100 heavy (non-hydrogen) atoms. The van der Waals surface area contributed by atoms with E-state index in [9.17, 15) is 69.5 Å². The number of fused-ring (bicyclic) bond motifs is 4. The van der Waals surface area contributed by atoms with E-state index in [0.717, 1.165) is 22.1 Å². The molecule has 528 valence electrons. The van der Waals surface area contributed by atoms with E-state index in [1.54, 1.807) is 52.0 Å². The van der Waals surface area contributed by atoms with E-state index in [2.05, 4.69) is 59.8 Å². The number of ether oxygens (including phenoxy) is 4. The number of hydrogen-bond donors (Lipinski definition) is 4. The maximum Gasteiger partial charge on any atom is 0.422 e. The van der Waals surface area contributed by atoms with Gasteiger partial charge in [-0.25, -0.2) is 19.9 Å². The van der Waals surface area contributed by atoms with Crippen LogP contribution in [0.2, 0.25) is 0 Å². The van der Waals surface area contributed by atoms with Crippen molar-refractivity contribution in [2.24, 2.45) is 0 Å². The van der Waals surface area contributed by atoms with Crippen molar-refractivity contribution in [3.05, 3.63) is 191 Å². The molecule has 8 heterocycles.